The Morgan fingerprint density at radius 3 is 1.78 bits per heavy atom. The number of nitrogens with one attached hydrogen (secondary N) is 1. The van der Waals surface area contributed by atoms with Crippen molar-refractivity contribution in [3.8, 4) is 0 Å². The molecule has 11 nitrogen and oxygen atoms in total. The summed E-state index contributed by atoms with van der Waals surface area (Å²) >= 11 is 0. The molecule has 1 heterocycles. The number of carbonyl (C=O) groups excluding carboxylic acids is 3. The van der Waals surface area contributed by atoms with Crippen molar-refractivity contribution < 1.29 is 134 Å². The van der Waals surface area contributed by atoms with Gasteiger partial charge in [0.05, 0.1) is 23.3 Å². The molecule has 0 atom stereocenters. The van der Waals surface area contributed by atoms with Crippen molar-refractivity contribution in [2.75, 3.05) is 0 Å². The molecule has 0 fully saturated rings. The number of nitrogens with zero attached hydrogens (tertiary/aromatic N) is 1. The van der Waals surface area contributed by atoms with E-state index in [2.05, 4.69) is 9.97 Å². The van der Waals surface area contributed by atoms with Crippen LogP contribution in [0.25, 0.3) is 11.0 Å². The van der Waals surface area contributed by atoms with Gasteiger partial charge in [-0.1, -0.05) is 12.1 Å². The molecule has 2 aromatic rings. The Bertz CT molecular complexity index is 650. The van der Waals surface area contributed by atoms with E-state index in [0.717, 1.165) is 11.0 Å². The van der Waals surface area contributed by atoms with Gasteiger partial charge in [0, 0.05) is 24.8 Å². The van der Waals surface area contributed by atoms with Crippen molar-refractivity contribution in [1.82, 2.24) is 9.97 Å². The number of aliphatic carboxylic acids is 3. The third-order valence-electron chi connectivity index (χ3n) is 2.58. The molecule has 0 radical (unpaired) electrons. The van der Waals surface area contributed by atoms with E-state index in [4.69, 9.17) is 5.11 Å². The van der Waals surface area contributed by atoms with Gasteiger partial charge in [-0.15, -0.1) is 0 Å². The Balaban J connectivity index is -0.000000104. The molecule has 14 heteroatoms. The number of aromatic nitrogens is 2. The first-order valence-corrected chi connectivity index (χ1v) is 5.96. The third kappa shape index (κ3) is 13.7. The number of carboxylic acid groups (broad SMARTS) is 3. The molecule has 6 N–H and O–H groups in total. The molecule has 1 aromatic heterocycles. The molecule has 0 saturated heterocycles. The molecule has 0 aliphatic rings. The standard InChI is InChI=1S/C7H6N2.C6H8O7.3Na.2H2O/c1-2-4-7-6(3-1)8-5-9-7;7-3(8)1-6(13,5(11)12)2-4(9)10;;;;;/h1-5H,(H,8,9);13H,1-2H2,(H,7,8)(H,9,10)(H,11,12);;;;2*1H2/q;;3*+1;;/p-3. The quantitative estimate of drug-likeness (QED) is 0.446. The van der Waals surface area contributed by atoms with Crippen molar-refractivity contribution in [2.45, 2.75) is 18.4 Å². The molecular weight excluding hydrogens is 397 g/mol. The Morgan fingerprint density at radius 1 is 0.963 bits per heavy atom. The van der Waals surface area contributed by atoms with Crippen molar-refractivity contribution in [3.63, 3.8) is 0 Å². The zero-order valence-electron chi connectivity index (χ0n) is 15.1. The van der Waals surface area contributed by atoms with Gasteiger partial charge in [-0.05, 0) is 12.1 Å². The summed E-state index contributed by atoms with van der Waals surface area (Å²) in [5.74, 6) is -5.98. The van der Waals surface area contributed by atoms with Crippen molar-refractivity contribution in [3.05, 3.63) is 30.6 Å². The fourth-order valence-electron chi connectivity index (χ4n) is 1.56. The monoisotopic (exact) mass is 412 g/mol. The summed E-state index contributed by atoms with van der Waals surface area (Å²) in [4.78, 5) is 37.1. The fourth-order valence-corrected chi connectivity index (χ4v) is 1.56. The second-order valence-electron chi connectivity index (χ2n) is 4.34. The van der Waals surface area contributed by atoms with Gasteiger partial charge in [0.2, 0.25) is 0 Å². The van der Waals surface area contributed by atoms with Crippen molar-refractivity contribution >= 4 is 28.9 Å². The number of hydrogen-bond donors (Lipinski definition) is 2. The number of fused-ring (bicyclic) bond motifs is 1. The molecule has 0 bridgehead atoms. The number of rotatable bonds is 5. The number of carbonyl (C=O) groups is 3. The number of para-hydroxylation sites is 2. The second-order valence-corrected chi connectivity index (χ2v) is 4.34. The van der Waals surface area contributed by atoms with Crippen LogP contribution in [0.2, 0.25) is 0 Å². The summed E-state index contributed by atoms with van der Waals surface area (Å²) in [7, 11) is 0. The maximum atomic E-state index is 10.1. The summed E-state index contributed by atoms with van der Waals surface area (Å²) in [6.07, 6.45) is -1.02. The number of imidazole rings is 1. The van der Waals surface area contributed by atoms with Crippen LogP contribution in [0, 0.1) is 0 Å². The van der Waals surface area contributed by atoms with Gasteiger partial charge in [-0.2, -0.15) is 0 Å². The minimum absolute atomic E-state index is 0. The minimum atomic E-state index is -2.97. The van der Waals surface area contributed by atoms with Crippen LogP contribution in [0.1, 0.15) is 12.8 Å². The average molecular weight is 412 g/mol. The van der Waals surface area contributed by atoms with Gasteiger partial charge >= 0.3 is 88.7 Å². The first kappa shape index (κ1) is 37.7. The summed E-state index contributed by atoms with van der Waals surface area (Å²) in [6.45, 7) is 0. The van der Waals surface area contributed by atoms with Crippen molar-refractivity contribution in [1.29, 1.82) is 0 Å². The number of benzene rings is 1. The summed E-state index contributed by atoms with van der Waals surface area (Å²) < 4.78 is 0. The van der Waals surface area contributed by atoms with Crippen LogP contribution in [0.5, 0.6) is 0 Å². The SMILES string of the molecule is O.O.O=C([O-])CC(O)(CC(=O)[O-])C(=O)[O-].[Na+].[Na+].[Na+].c1ccc2[nH]cnc2c1. The Labute approximate surface area is 220 Å². The maximum absolute atomic E-state index is 10.1. The number of carboxylic acids is 3. The molecular formula is C13H15N2Na3O9. The number of H-pyrrole nitrogens is 1. The second kappa shape index (κ2) is 18.0. The molecule has 1 aromatic carbocycles. The minimum Gasteiger partial charge on any atom is -0.550 e. The van der Waals surface area contributed by atoms with Crippen LogP contribution in [0.4, 0.5) is 0 Å². The molecule has 0 spiro atoms. The van der Waals surface area contributed by atoms with E-state index in [1.165, 1.54) is 0 Å². The van der Waals surface area contributed by atoms with E-state index in [-0.39, 0.29) is 99.6 Å². The van der Waals surface area contributed by atoms with Crippen molar-refractivity contribution in [2.24, 2.45) is 0 Å². The zero-order chi connectivity index (χ0) is 16.8. The van der Waals surface area contributed by atoms with Crippen LogP contribution in [0.15, 0.2) is 30.6 Å². The van der Waals surface area contributed by atoms with Crippen LogP contribution >= 0.6 is 0 Å². The van der Waals surface area contributed by atoms with E-state index in [1.807, 2.05) is 24.3 Å². The topological polar surface area (TPSA) is 232 Å². The molecule has 0 saturated carbocycles. The largest absolute Gasteiger partial charge is 1.00 e. The van der Waals surface area contributed by atoms with Crippen LogP contribution < -0.4 is 104 Å². The number of aliphatic hydroxyl groups is 1. The van der Waals surface area contributed by atoms with Gasteiger partial charge in [-0.25, -0.2) is 4.98 Å². The van der Waals surface area contributed by atoms with E-state index >= 15 is 0 Å². The van der Waals surface area contributed by atoms with Gasteiger partial charge in [0.1, 0.15) is 5.60 Å². The maximum Gasteiger partial charge on any atom is 1.00 e. The predicted molar refractivity (Wildman–Crippen MR) is 72.5 cm³/mol. The summed E-state index contributed by atoms with van der Waals surface area (Å²) in [5, 5.41) is 38.9. The van der Waals surface area contributed by atoms with E-state index in [1.54, 1.807) is 6.33 Å². The molecule has 2 rings (SSSR count). The van der Waals surface area contributed by atoms with Gasteiger partial charge < -0.3 is 50.7 Å². The zero-order valence-corrected chi connectivity index (χ0v) is 21.1. The molecule has 0 amide bonds. The van der Waals surface area contributed by atoms with Gasteiger partial charge in [0.15, 0.2) is 0 Å². The van der Waals surface area contributed by atoms with E-state index < -0.39 is 36.4 Å². The Kier molecular flexibility index (Phi) is 25.2. The molecule has 27 heavy (non-hydrogen) atoms. The Morgan fingerprint density at radius 2 is 1.41 bits per heavy atom. The smallest absolute Gasteiger partial charge is 0.550 e. The summed E-state index contributed by atoms with van der Waals surface area (Å²) in [6, 6.07) is 7.94. The molecule has 0 unspecified atom stereocenters. The fraction of sp³-hybridized carbons (Fsp3) is 0.231. The van der Waals surface area contributed by atoms with E-state index in [0.29, 0.717) is 0 Å². The molecule has 134 valence electrons. The van der Waals surface area contributed by atoms with Crippen LogP contribution in [0.3, 0.4) is 0 Å². The van der Waals surface area contributed by atoms with Gasteiger partial charge in [-0.3, -0.25) is 0 Å². The van der Waals surface area contributed by atoms with E-state index in [9.17, 15) is 29.7 Å². The third-order valence-corrected chi connectivity index (χ3v) is 2.58. The Hall–Kier alpha value is -0.0200. The first-order chi connectivity index (χ1) is 10.2. The van der Waals surface area contributed by atoms with Crippen LogP contribution in [-0.2, 0) is 14.4 Å². The number of aromatic amines is 1. The first-order valence-electron chi connectivity index (χ1n) is 5.96. The predicted octanol–water partition coefficient (Wildman–Crippen LogP) is -14.3. The molecule has 0 aliphatic carbocycles. The summed E-state index contributed by atoms with van der Waals surface area (Å²) in [5.41, 5.74) is -0.854. The average Bonchev–Trinajstić information content (AvgIpc) is 2.85. The normalized spacial score (nSPS) is 8.63. The van der Waals surface area contributed by atoms with Gasteiger partial charge in [0.25, 0.3) is 0 Å². The van der Waals surface area contributed by atoms with Crippen LogP contribution in [-0.4, -0.2) is 49.5 Å². The number of hydrogen-bond acceptors (Lipinski definition) is 8. The molecule has 0 aliphatic heterocycles.